The average molecular weight is 331 g/mol. The van der Waals surface area contributed by atoms with Gasteiger partial charge in [-0.15, -0.1) is 0 Å². The van der Waals surface area contributed by atoms with Crippen LogP contribution in [-0.2, 0) is 4.74 Å². The molecule has 4 nitrogen and oxygen atoms in total. The smallest absolute Gasteiger partial charge is 0.129 e. The van der Waals surface area contributed by atoms with Gasteiger partial charge in [-0.2, -0.15) is 0 Å². The monoisotopic (exact) mass is 330 g/mol. The van der Waals surface area contributed by atoms with Crippen molar-refractivity contribution in [2.75, 3.05) is 38.3 Å². The van der Waals surface area contributed by atoms with Crippen LogP contribution in [0.4, 0.5) is 11.4 Å². The van der Waals surface area contributed by atoms with Crippen LogP contribution in [0.15, 0.2) is 47.5 Å². The molecule has 1 aliphatic heterocycles. The van der Waals surface area contributed by atoms with Gasteiger partial charge >= 0.3 is 0 Å². The van der Waals surface area contributed by atoms with Gasteiger partial charge in [-0.25, -0.2) is 0 Å². The normalized spacial score (nSPS) is 15.1. The number of benzene rings is 2. The maximum Gasteiger partial charge on any atom is 0.129 e. The van der Waals surface area contributed by atoms with Gasteiger partial charge in [-0.05, 0) is 24.3 Å². The van der Waals surface area contributed by atoms with Crippen LogP contribution in [0.5, 0.6) is 5.75 Å². The first-order valence-electron chi connectivity index (χ1n) is 7.57. The molecule has 5 heteroatoms. The van der Waals surface area contributed by atoms with Gasteiger partial charge in [0.15, 0.2) is 0 Å². The number of anilines is 1. The number of methoxy groups -OCH3 is 1. The molecule has 0 radical (unpaired) electrons. The van der Waals surface area contributed by atoms with Gasteiger partial charge in [0, 0.05) is 36.6 Å². The summed E-state index contributed by atoms with van der Waals surface area (Å²) in [4.78, 5) is 6.75. The Morgan fingerprint density at radius 2 is 1.96 bits per heavy atom. The SMILES string of the molecule is COc1cc(N2CCOCC2)ccc1C=Nc1ccccc1Cl. The molecule has 120 valence electrons. The Bertz CT molecular complexity index is 697. The highest BCUT2D eigenvalue weighted by Crippen LogP contribution is 2.27. The van der Waals surface area contributed by atoms with Crippen molar-refractivity contribution < 1.29 is 9.47 Å². The summed E-state index contributed by atoms with van der Waals surface area (Å²) in [7, 11) is 1.67. The van der Waals surface area contributed by atoms with E-state index in [1.165, 1.54) is 0 Å². The van der Waals surface area contributed by atoms with Crippen molar-refractivity contribution in [3.05, 3.63) is 53.1 Å². The van der Waals surface area contributed by atoms with Gasteiger partial charge in [0.05, 0.1) is 31.0 Å². The molecule has 0 atom stereocenters. The molecule has 0 saturated carbocycles. The summed E-state index contributed by atoms with van der Waals surface area (Å²) >= 11 is 6.13. The average Bonchev–Trinajstić information content (AvgIpc) is 2.61. The van der Waals surface area contributed by atoms with E-state index >= 15 is 0 Å². The van der Waals surface area contributed by atoms with E-state index in [1.807, 2.05) is 36.4 Å². The Morgan fingerprint density at radius 1 is 1.17 bits per heavy atom. The minimum absolute atomic E-state index is 0.632. The van der Waals surface area contributed by atoms with Crippen molar-refractivity contribution in [1.29, 1.82) is 0 Å². The number of para-hydroxylation sites is 1. The second-order valence-electron chi connectivity index (χ2n) is 5.24. The van der Waals surface area contributed by atoms with Gasteiger partial charge in [0.25, 0.3) is 0 Å². The molecule has 23 heavy (non-hydrogen) atoms. The van der Waals surface area contributed by atoms with Crippen LogP contribution in [0, 0.1) is 0 Å². The largest absolute Gasteiger partial charge is 0.496 e. The molecule has 3 rings (SSSR count). The van der Waals surface area contributed by atoms with Crippen LogP contribution in [0.3, 0.4) is 0 Å². The lowest BCUT2D eigenvalue weighted by Crippen LogP contribution is -2.36. The fourth-order valence-electron chi connectivity index (χ4n) is 2.52. The Morgan fingerprint density at radius 3 is 2.70 bits per heavy atom. The van der Waals surface area contributed by atoms with Crippen LogP contribution in [0.1, 0.15) is 5.56 Å². The Kier molecular flexibility index (Phi) is 5.16. The molecule has 1 aliphatic rings. The molecular formula is C18H19ClN2O2. The van der Waals surface area contributed by atoms with E-state index in [9.17, 15) is 0 Å². The Hall–Kier alpha value is -2.04. The fraction of sp³-hybridized carbons (Fsp3) is 0.278. The third kappa shape index (κ3) is 3.84. The van der Waals surface area contributed by atoms with Crippen molar-refractivity contribution in [3.8, 4) is 5.75 Å². The molecule has 1 heterocycles. The number of halogens is 1. The van der Waals surface area contributed by atoms with Gasteiger partial charge in [0.1, 0.15) is 5.75 Å². The molecule has 1 fully saturated rings. The van der Waals surface area contributed by atoms with E-state index in [-0.39, 0.29) is 0 Å². The first-order valence-corrected chi connectivity index (χ1v) is 7.95. The summed E-state index contributed by atoms with van der Waals surface area (Å²) in [5, 5.41) is 0.632. The highest BCUT2D eigenvalue weighted by Gasteiger charge is 2.13. The summed E-state index contributed by atoms with van der Waals surface area (Å²) in [5.74, 6) is 0.796. The molecule has 0 aliphatic carbocycles. The predicted octanol–water partition coefficient (Wildman–Crippen LogP) is 3.94. The second-order valence-corrected chi connectivity index (χ2v) is 5.64. The Labute approximate surface area is 141 Å². The van der Waals surface area contributed by atoms with Gasteiger partial charge in [0.2, 0.25) is 0 Å². The van der Waals surface area contributed by atoms with Crippen molar-refractivity contribution in [1.82, 2.24) is 0 Å². The highest BCUT2D eigenvalue weighted by molar-refractivity contribution is 6.33. The van der Waals surface area contributed by atoms with Crippen molar-refractivity contribution in [2.24, 2.45) is 4.99 Å². The van der Waals surface area contributed by atoms with Crippen LogP contribution >= 0.6 is 11.6 Å². The topological polar surface area (TPSA) is 34.1 Å². The molecular weight excluding hydrogens is 312 g/mol. The van der Waals surface area contributed by atoms with E-state index in [4.69, 9.17) is 21.1 Å². The summed E-state index contributed by atoms with van der Waals surface area (Å²) in [5.41, 5.74) is 2.80. The minimum atomic E-state index is 0.632. The zero-order valence-corrected chi connectivity index (χ0v) is 13.8. The molecule has 2 aromatic carbocycles. The van der Waals surface area contributed by atoms with Gasteiger partial charge < -0.3 is 14.4 Å². The summed E-state index contributed by atoms with van der Waals surface area (Å²) in [6, 6.07) is 13.7. The third-order valence-electron chi connectivity index (χ3n) is 3.79. The second kappa shape index (κ2) is 7.49. The molecule has 0 amide bonds. The van der Waals surface area contributed by atoms with Crippen molar-refractivity contribution in [3.63, 3.8) is 0 Å². The number of hydrogen-bond acceptors (Lipinski definition) is 4. The molecule has 0 aromatic heterocycles. The van der Waals surface area contributed by atoms with Gasteiger partial charge in [-0.3, -0.25) is 4.99 Å². The fourth-order valence-corrected chi connectivity index (χ4v) is 2.70. The lowest BCUT2D eigenvalue weighted by atomic mass is 10.1. The molecule has 0 unspecified atom stereocenters. The number of rotatable bonds is 4. The zero-order chi connectivity index (χ0) is 16.1. The van der Waals surface area contributed by atoms with Crippen LogP contribution < -0.4 is 9.64 Å². The summed E-state index contributed by atoms with van der Waals surface area (Å²) in [6.45, 7) is 3.32. The van der Waals surface area contributed by atoms with Crippen molar-refractivity contribution in [2.45, 2.75) is 0 Å². The number of morpholine rings is 1. The molecule has 2 aromatic rings. The summed E-state index contributed by atoms with van der Waals surface area (Å²) in [6.07, 6.45) is 1.78. The van der Waals surface area contributed by atoms with Crippen LogP contribution in [0.2, 0.25) is 5.02 Å². The van der Waals surface area contributed by atoms with Crippen molar-refractivity contribution >= 4 is 29.2 Å². The quantitative estimate of drug-likeness (QED) is 0.796. The predicted molar refractivity (Wildman–Crippen MR) is 94.7 cm³/mol. The lowest BCUT2D eigenvalue weighted by Gasteiger charge is -2.29. The summed E-state index contributed by atoms with van der Waals surface area (Å²) < 4.78 is 10.9. The third-order valence-corrected chi connectivity index (χ3v) is 4.11. The zero-order valence-electron chi connectivity index (χ0n) is 13.0. The molecule has 1 saturated heterocycles. The van der Waals surface area contributed by atoms with Crippen LogP contribution in [-0.4, -0.2) is 39.6 Å². The van der Waals surface area contributed by atoms with Crippen LogP contribution in [0.25, 0.3) is 0 Å². The number of nitrogens with zero attached hydrogens (tertiary/aromatic N) is 2. The number of aliphatic imine (C=N–C) groups is 1. The van der Waals surface area contributed by atoms with E-state index in [0.717, 1.165) is 49.0 Å². The maximum atomic E-state index is 6.13. The standard InChI is InChI=1S/C18H19ClN2O2/c1-22-18-12-15(21-8-10-23-11-9-21)7-6-14(18)13-20-17-5-3-2-4-16(17)19/h2-7,12-13H,8-11H2,1H3. The first kappa shape index (κ1) is 15.8. The first-order chi connectivity index (χ1) is 11.3. The molecule has 0 bridgehead atoms. The minimum Gasteiger partial charge on any atom is -0.496 e. The van der Waals surface area contributed by atoms with E-state index < -0.39 is 0 Å². The van der Waals surface area contributed by atoms with E-state index in [1.54, 1.807) is 13.3 Å². The Balaban J connectivity index is 1.83. The van der Waals surface area contributed by atoms with Gasteiger partial charge in [-0.1, -0.05) is 23.7 Å². The highest BCUT2D eigenvalue weighted by atomic mass is 35.5. The lowest BCUT2D eigenvalue weighted by molar-refractivity contribution is 0.122. The molecule has 0 N–H and O–H groups in total. The number of ether oxygens (including phenoxy) is 2. The molecule has 0 spiro atoms. The van der Waals surface area contributed by atoms with E-state index in [0.29, 0.717) is 5.02 Å². The van der Waals surface area contributed by atoms with E-state index in [2.05, 4.69) is 16.0 Å². The number of hydrogen-bond donors (Lipinski definition) is 0. The maximum absolute atomic E-state index is 6.13.